The van der Waals surface area contributed by atoms with Crippen LogP contribution >= 0.6 is 0 Å². The fraction of sp³-hybridized carbons (Fsp3) is 0.386. The van der Waals surface area contributed by atoms with Crippen molar-refractivity contribution in [2.45, 2.75) is 56.5 Å². The van der Waals surface area contributed by atoms with E-state index in [1.54, 1.807) is 37.2 Å². The van der Waals surface area contributed by atoms with Crippen molar-refractivity contribution in [1.82, 2.24) is 29.1 Å². The van der Waals surface area contributed by atoms with E-state index in [2.05, 4.69) is 20.6 Å². The number of aliphatic hydroxyl groups excluding tert-OH is 1. The molecule has 17 heteroatoms. The van der Waals surface area contributed by atoms with Gasteiger partial charge in [-0.3, -0.25) is 14.4 Å². The molecule has 16 nitrogen and oxygen atoms in total. The zero-order chi connectivity index (χ0) is 42.7. The van der Waals surface area contributed by atoms with Gasteiger partial charge in [-0.2, -0.15) is 0 Å². The van der Waals surface area contributed by atoms with E-state index in [-0.39, 0.29) is 58.2 Å². The number of aryl methyl sites for hydroxylation is 2. The molecule has 0 radical (unpaired) electrons. The maximum Gasteiger partial charge on any atom is 0.264 e. The van der Waals surface area contributed by atoms with Gasteiger partial charge in [-0.15, -0.1) is 0 Å². The number of aliphatic hydroxyl groups is 1. The molecule has 1 saturated carbocycles. The standard InChI is InChI=1S/C44H48N10O6S/c1-25(2)47-41-39-35(46-24-51(3)43(39)57)19-33(50-41)28-9-12-36(53-15-13-26(20-53)21-55)37(17-28)61(59,60)22-29-16-31(29)48-42-40-34(45-23-52(4)44(40)58)18-32(49-42)27-7-10-30(11-8-27)54-14-5-6-38(54)56/h7-12,17-19,23-26,29,31,55H,5-6,13-16,20-22H2,1-4H3,(H,47,50)(H,48,49). The second-order valence-electron chi connectivity index (χ2n) is 16.8. The van der Waals surface area contributed by atoms with Crippen molar-refractivity contribution in [2.75, 3.05) is 52.4 Å². The van der Waals surface area contributed by atoms with Crippen molar-refractivity contribution < 1.29 is 18.3 Å². The molecule has 1 amide bonds. The number of carbonyl (C=O) groups is 1. The van der Waals surface area contributed by atoms with E-state index in [0.29, 0.717) is 88.6 Å². The van der Waals surface area contributed by atoms with Gasteiger partial charge in [0.1, 0.15) is 22.4 Å². The summed E-state index contributed by atoms with van der Waals surface area (Å²) in [5.41, 5.74) is 4.12. The number of amides is 1. The molecule has 6 heterocycles. The lowest BCUT2D eigenvalue weighted by atomic mass is 10.1. The van der Waals surface area contributed by atoms with Crippen molar-refractivity contribution in [3.05, 3.63) is 88.0 Å². The van der Waals surface area contributed by atoms with Gasteiger partial charge in [0.05, 0.1) is 51.4 Å². The Bertz CT molecular complexity index is 2950. The van der Waals surface area contributed by atoms with Crippen LogP contribution in [0.5, 0.6) is 0 Å². The molecule has 2 saturated heterocycles. The number of anilines is 4. The fourth-order valence-electron chi connectivity index (χ4n) is 8.50. The quantitative estimate of drug-likeness (QED) is 0.158. The van der Waals surface area contributed by atoms with E-state index in [1.807, 2.05) is 55.1 Å². The SMILES string of the molecule is CC(C)Nc1nc(-c2ccc(N3CCC(CO)C3)c(S(=O)(=O)CC3CC3Nc3nc(-c4ccc(N5CCCC5=O)cc4)cc4ncn(C)c(=O)c34)c2)cc2ncn(C)c(=O)c12. The summed E-state index contributed by atoms with van der Waals surface area (Å²) in [6, 6.07) is 16.0. The van der Waals surface area contributed by atoms with Gasteiger partial charge in [-0.25, -0.2) is 28.4 Å². The minimum atomic E-state index is -3.94. The first kappa shape index (κ1) is 40.2. The lowest BCUT2D eigenvalue weighted by Gasteiger charge is -2.23. The minimum absolute atomic E-state index is 0.0126. The molecule has 2 aromatic carbocycles. The van der Waals surface area contributed by atoms with Crippen LogP contribution in [0.1, 0.15) is 39.5 Å². The summed E-state index contributed by atoms with van der Waals surface area (Å²) in [6.45, 7) is 5.70. The van der Waals surface area contributed by atoms with Gasteiger partial charge in [0.2, 0.25) is 5.91 Å². The molecule has 3 aliphatic rings. The van der Waals surface area contributed by atoms with E-state index >= 15 is 0 Å². The van der Waals surface area contributed by atoms with E-state index in [9.17, 15) is 27.9 Å². The second kappa shape index (κ2) is 15.7. The lowest BCUT2D eigenvalue weighted by molar-refractivity contribution is -0.117. The molecule has 3 unspecified atom stereocenters. The predicted octanol–water partition coefficient (Wildman–Crippen LogP) is 4.34. The summed E-state index contributed by atoms with van der Waals surface area (Å²) in [7, 11) is -0.681. The van der Waals surface area contributed by atoms with Gasteiger partial charge in [0, 0.05) is 81.6 Å². The van der Waals surface area contributed by atoms with Gasteiger partial charge < -0.3 is 34.7 Å². The molecule has 6 aromatic rings. The average molecular weight is 845 g/mol. The molecule has 316 valence electrons. The monoisotopic (exact) mass is 844 g/mol. The highest BCUT2D eigenvalue weighted by Gasteiger charge is 2.42. The summed E-state index contributed by atoms with van der Waals surface area (Å²) in [6.07, 6.45) is 5.55. The predicted molar refractivity (Wildman–Crippen MR) is 236 cm³/mol. The van der Waals surface area contributed by atoms with Crippen LogP contribution < -0.4 is 31.6 Å². The molecule has 2 aliphatic heterocycles. The molecule has 0 bridgehead atoms. The van der Waals surface area contributed by atoms with E-state index < -0.39 is 9.84 Å². The normalized spacial score (nSPS) is 19.1. The third kappa shape index (κ3) is 7.71. The number of nitrogens with zero attached hydrogens (tertiary/aromatic N) is 8. The largest absolute Gasteiger partial charge is 0.396 e. The first-order valence-electron chi connectivity index (χ1n) is 20.7. The van der Waals surface area contributed by atoms with Gasteiger partial charge in [-0.05, 0) is 75.4 Å². The number of rotatable bonds is 12. The van der Waals surface area contributed by atoms with Crippen LogP contribution in [0.4, 0.5) is 23.0 Å². The number of carbonyl (C=O) groups excluding carboxylic acids is 1. The number of hydrogen-bond donors (Lipinski definition) is 3. The lowest BCUT2D eigenvalue weighted by Crippen LogP contribution is -2.24. The minimum Gasteiger partial charge on any atom is -0.396 e. The van der Waals surface area contributed by atoms with Crippen LogP contribution in [0.15, 0.2) is 81.7 Å². The Hall–Kier alpha value is -6.20. The van der Waals surface area contributed by atoms with Gasteiger partial charge in [0.15, 0.2) is 9.84 Å². The molecular formula is C44H48N10O6S. The summed E-state index contributed by atoms with van der Waals surface area (Å²) in [4.78, 5) is 61.8. The molecule has 1 aliphatic carbocycles. The number of aromatic nitrogens is 6. The molecule has 3 atom stereocenters. The molecule has 3 N–H and O–H groups in total. The van der Waals surface area contributed by atoms with Crippen molar-refractivity contribution in [2.24, 2.45) is 25.9 Å². The molecule has 4 aromatic heterocycles. The zero-order valence-corrected chi connectivity index (χ0v) is 35.3. The highest BCUT2D eigenvalue weighted by molar-refractivity contribution is 7.91. The fourth-order valence-corrected chi connectivity index (χ4v) is 10.4. The Morgan fingerprint density at radius 1 is 0.836 bits per heavy atom. The zero-order valence-electron chi connectivity index (χ0n) is 34.5. The number of benzene rings is 2. The first-order valence-corrected chi connectivity index (χ1v) is 22.3. The van der Waals surface area contributed by atoms with Crippen LogP contribution in [0.25, 0.3) is 44.3 Å². The Labute approximate surface area is 352 Å². The number of hydrogen-bond acceptors (Lipinski definition) is 13. The molecule has 0 spiro atoms. The van der Waals surface area contributed by atoms with Crippen LogP contribution in [-0.4, -0.2) is 92.6 Å². The summed E-state index contributed by atoms with van der Waals surface area (Å²) in [5, 5.41) is 17.3. The molecule has 9 rings (SSSR count). The molecule has 61 heavy (non-hydrogen) atoms. The first-order chi connectivity index (χ1) is 29.3. The van der Waals surface area contributed by atoms with Gasteiger partial charge >= 0.3 is 0 Å². The van der Waals surface area contributed by atoms with Crippen LogP contribution in [0, 0.1) is 11.8 Å². The topological polar surface area (TPSA) is 198 Å². The highest BCUT2D eigenvalue weighted by atomic mass is 32.2. The third-order valence-corrected chi connectivity index (χ3v) is 13.8. The maximum atomic E-state index is 14.7. The number of nitrogens with one attached hydrogen (secondary N) is 2. The smallest absolute Gasteiger partial charge is 0.264 e. The molecule has 3 fully saturated rings. The second-order valence-corrected chi connectivity index (χ2v) is 18.8. The Balaban J connectivity index is 1.04. The van der Waals surface area contributed by atoms with Crippen LogP contribution in [-0.2, 0) is 28.7 Å². The summed E-state index contributed by atoms with van der Waals surface area (Å²) in [5.74, 6) is 0.376. The van der Waals surface area contributed by atoms with Crippen molar-refractivity contribution in [3.63, 3.8) is 0 Å². The maximum absolute atomic E-state index is 14.7. The summed E-state index contributed by atoms with van der Waals surface area (Å²) >= 11 is 0. The average Bonchev–Trinajstić information content (AvgIpc) is 3.55. The van der Waals surface area contributed by atoms with Crippen molar-refractivity contribution in [1.29, 1.82) is 0 Å². The summed E-state index contributed by atoms with van der Waals surface area (Å²) < 4.78 is 32.2. The number of sulfone groups is 1. The van der Waals surface area contributed by atoms with E-state index in [0.717, 1.165) is 24.1 Å². The van der Waals surface area contributed by atoms with Crippen molar-refractivity contribution in [3.8, 4) is 22.5 Å². The molecular weight excluding hydrogens is 797 g/mol. The van der Waals surface area contributed by atoms with Crippen LogP contribution in [0.2, 0.25) is 0 Å². The van der Waals surface area contributed by atoms with Gasteiger partial charge in [0.25, 0.3) is 11.1 Å². The Morgan fingerprint density at radius 3 is 2.10 bits per heavy atom. The third-order valence-electron chi connectivity index (χ3n) is 11.9. The van der Waals surface area contributed by atoms with Gasteiger partial charge in [-0.1, -0.05) is 18.2 Å². The van der Waals surface area contributed by atoms with Crippen molar-refractivity contribution >= 4 is 60.6 Å². The van der Waals surface area contributed by atoms with E-state index in [4.69, 9.17) is 9.97 Å². The highest BCUT2D eigenvalue weighted by Crippen LogP contribution is 2.41. The Kier molecular flexibility index (Phi) is 10.3. The van der Waals surface area contributed by atoms with E-state index in [1.165, 1.54) is 21.8 Å². The number of fused-ring (bicyclic) bond motifs is 2. The Morgan fingerprint density at radius 2 is 1.48 bits per heavy atom. The van der Waals surface area contributed by atoms with Crippen LogP contribution in [0.3, 0.4) is 0 Å². The number of pyridine rings is 2.